The van der Waals surface area contributed by atoms with E-state index in [1.165, 1.54) is 0 Å². The van der Waals surface area contributed by atoms with Crippen LogP contribution in [0.4, 0.5) is 4.79 Å². The molecule has 0 radical (unpaired) electrons. The van der Waals surface area contributed by atoms with Crippen LogP contribution >= 0.6 is 0 Å². The van der Waals surface area contributed by atoms with Crippen LogP contribution in [0.25, 0.3) is 0 Å². The molecule has 3 atom stereocenters. The zero-order valence-electron chi connectivity index (χ0n) is 11.2. The average Bonchev–Trinajstić information content (AvgIpc) is 2.30. The molecule has 0 spiro atoms. The summed E-state index contributed by atoms with van der Waals surface area (Å²) in [4.78, 5) is 33.0. The summed E-state index contributed by atoms with van der Waals surface area (Å²) in [5.41, 5.74) is 0. The van der Waals surface area contributed by atoms with Crippen LogP contribution in [0.1, 0.15) is 33.1 Å². The van der Waals surface area contributed by atoms with Crippen molar-refractivity contribution in [1.29, 1.82) is 0 Å². The minimum Gasteiger partial charge on any atom is -0.478 e. The van der Waals surface area contributed by atoms with Crippen LogP contribution in [0, 0.1) is 11.8 Å². The zero-order valence-corrected chi connectivity index (χ0v) is 11.2. The van der Waals surface area contributed by atoms with E-state index in [-0.39, 0.29) is 6.04 Å². The first-order valence-electron chi connectivity index (χ1n) is 6.41. The van der Waals surface area contributed by atoms with Crippen molar-refractivity contribution in [3.05, 3.63) is 12.2 Å². The lowest BCUT2D eigenvalue weighted by atomic mass is 9.80. The fourth-order valence-corrected chi connectivity index (χ4v) is 2.38. The molecule has 1 aliphatic carbocycles. The molecule has 1 rings (SSSR count). The highest BCUT2D eigenvalue weighted by Gasteiger charge is 2.26. The fourth-order valence-electron chi connectivity index (χ4n) is 2.38. The Bertz CT molecular complexity index is 392. The molecule has 1 fully saturated rings. The molecule has 3 N–H and O–H groups in total. The Balaban J connectivity index is 2.39. The number of carboxylic acid groups (broad SMARTS) is 1. The third-order valence-electron chi connectivity index (χ3n) is 3.36. The molecule has 0 aromatic heterocycles. The van der Waals surface area contributed by atoms with Crippen LogP contribution in [0.2, 0.25) is 0 Å². The first kappa shape index (κ1) is 15.2. The average molecular weight is 268 g/mol. The summed E-state index contributed by atoms with van der Waals surface area (Å²) in [6.45, 7) is 4.26. The first-order chi connectivity index (χ1) is 8.88. The van der Waals surface area contributed by atoms with E-state index in [0.717, 1.165) is 25.3 Å². The molecular formula is C13H20N2O4. The summed E-state index contributed by atoms with van der Waals surface area (Å²) in [6, 6.07) is -0.515. The molecule has 1 aliphatic rings. The van der Waals surface area contributed by atoms with E-state index in [1.54, 1.807) is 0 Å². The van der Waals surface area contributed by atoms with Gasteiger partial charge in [0.2, 0.25) is 0 Å². The third-order valence-corrected chi connectivity index (χ3v) is 3.36. The molecule has 0 aliphatic heterocycles. The molecule has 0 bridgehead atoms. The molecule has 19 heavy (non-hydrogen) atoms. The second-order valence-electron chi connectivity index (χ2n) is 5.14. The predicted octanol–water partition coefficient (Wildman–Crippen LogP) is 1.28. The van der Waals surface area contributed by atoms with Gasteiger partial charge in [-0.15, -0.1) is 0 Å². The van der Waals surface area contributed by atoms with Gasteiger partial charge in [-0.05, 0) is 31.1 Å². The first-order valence-corrected chi connectivity index (χ1v) is 6.41. The fraction of sp³-hybridized carbons (Fsp3) is 0.615. The van der Waals surface area contributed by atoms with E-state index in [4.69, 9.17) is 5.11 Å². The van der Waals surface area contributed by atoms with Crippen molar-refractivity contribution >= 4 is 17.9 Å². The maximum Gasteiger partial charge on any atom is 0.328 e. The van der Waals surface area contributed by atoms with Gasteiger partial charge in [0.1, 0.15) is 0 Å². The van der Waals surface area contributed by atoms with Gasteiger partial charge in [0, 0.05) is 18.2 Å². The van der Waals surface area contributed by atoms with E-state index in [1.807, 2.05) is 0 Å². The molecule has 106 valence electrons. The molecule has 0 heterocycles. The van der Waals surface area contributed by atoms with Crippen molar-refractivity contribution in [2.45, 2.75) is 39.2 Å². The summed E-state index contributed by atoms with van der Waals surface area (Å²) >= 11 is 0. The second-order valence-corrected chi connectivity index (χ2v) is 5.14. The lowest BCUT2D eigenvalue weighted by Gasteiger charge is -2.32. The Morgan fingerprint density at radius 2 is 1.84 bits per heavy atom. The molecule has 1 saturated carbocycles. The van der Waals surface area contributed by atoms with Gasteiger partial charge in [-0.3, -0.25) is 10.1 Å². The number of carboxylic acids is 1. The Labute approximate surface area is 112 Å². The highest BCUT2D eigenvalue weighted by atomic mass is 16.4. The van der Waals surface area contributed by atoms with Crippen molar-refractivity contribution in [3.8, 4) is 0 Å². The molecule has 0 saturated heterocycles. The number of imide groups is 1. The summed E-state index contributed by atoms with van der Waals surface area (Å²) in [7, 11) is 0. The smallest absolute Gasteiger partial charge is 0.328 e. The molecule has 3 amide bonds. The summed E-state index contributed by atoms with van der Waals surface area (Å²) in [5.74, 6) is -0.933. The van der Waals surface area contributed by atoms with Crippen molar-refractivity contribution in [1.82, 2.24) is 10.6 Å². The van der Waals surface area contributed by atoms with E-state index >= 15 is 0 Å². The highest BCUT2D eigenvalue weighted by Crippen LogP contribution is 2.28. The number of urea groups is 1. The molecule has 0 aromatic rings. The Kier molecular flexibility index (Phi) is 5.54. The Morgan fingerprint density at radius 1 is 1.16 bits per heavy atom. The van der Waals surface area contributed by atoms with E-state index in [9.17, 15) is 14.4 Å². The number of carbonyl (C=O) groups excluding carboxylic acids is 2. The van der Waals surface area contributed by atoms with Crippen molar-refractivity contribution in [2.24, 2.45) is 11.8 Å². The van der Waals surface area contributed by atoms with Crippen molar-refractivity contribution in [2.75, 3.05) is 0 Å². The van der Waals surface area contributed by atoms with Crippen LogP contribution in [-0.2, 0) is 9.59 Å². The van der Waals surface area contributed by atoms with Gasteiger partial charge in [-0.2, -0.15) is 0 Å². The number of amides is 3. The predicted molar refractivity (Wildman–Crippen MR) is 69.4 cm³/mol. The number of hydrogen-bond acceptors (Lipinski definition) is 3. The molecule has 6 nitrogen and oxygen atoms in total. The number of carbonyl (C=O) groups is 3. The van der Waals surface area contributed by atoms with Gasteiger partial charge in [0.05, 0.1) is 0 Å². The van der Waals surface area contributed by atoms with Crippen LogP contribution in [0.5, 0.6) is 0 Å². The van der Waals surface area contributed by atoms with Gasteiger partial charge in [0.15, 0.2) is 0 Å². The van der Waals surface area contributed by atoms with Gasteiger partial charge in [0.25, 0.3) is 5.91 Å². The van der Waals surface area contributed by atoms with Crippen LogP contribution in [0.15, 0.2) is 12.2 Å². The van der Waals surface area contributed by atoms with Gasteiger partial charge in [-0.1, -0.05) is 13.8 Å². The quantitative estimate of drug-likeness (QED) is 0.672. The summed E-state index contributed by atoms with van der Waals surface area (Å²) < 4.78 is 0. The number of rotatable bonds is 3. The van der Waals surface area contributed by atoms with E-state index in [2.05, 4.69) is 24.5 Å². The van der Waals surface area contributed by atoms with Crippen molar-refractivity contribution in [3.63, 3.8) is 0 Å². The maximum atomic E-state index is 11.6. The highest BCUT2D eigenvalue weighted by molar-refractivity contribution is 6.02. The lowest BCUT2D eigenvalue weighted by molar-refractivity contribution is -0.131. The van der Waals surface area contributed by atoms with Crippen LogP contribution < -0.4 is 10.6 Å². The van der Waals surface area contributed by atoms with Gasteiger partial charge in [-0.25, -0.2) is 9.59 Å². The molecular weight excluding hydrogens is 248 g/mol. The van der Waals surface area contributed by atoms with Crippen molar-refractivity contribution < 1.29 is 19.5 Å². The third kappa shape index (κ3) is 5.54. The standard InChI is InChI=1S/C13H20N2O4/c1-8-3-4-10(9(2)7-8)14-13(19)15-11(16)5-6-12(17)18/h5-6,8-10H,3-4,7H2,1-2H3,(H,17,18)(H2,14,15,16,19). The summed E-state index contributed by atoms with van der Waals surface area (Å²) in [5, 5.41) is 13.2. The van der Waals surface area contributed by atoms with Crippen LogP contribution in [-0.4, -0.2) is 29.1 Å². The zero-order chi connectivity index (χ0) is 14.4. The largest absolute Gasteiger partial charge is 0.478 e. The van der Waals surface area contributed by atoms with E-state index in [0.29, 0.717) is 17.9 Å². The maximum absolute atomic E-state index is 11.6. The number of aliphatic carboxylic acids is 1. The number of hydrogen-bond donors (Lipinski definition) is 3. The lowest BCUT2D eigenvalue weighted by Crippen LogP contribution is -2.48. The molecule has 3 unspecified atom stereocenters. The Hall–Kier alpha value is -1.85. The van der Waals surface area contributed by atoms with Gasteiger partial charge < -0.3 is 10.4 Å². The monoisotopic (exact) mass is 268 g/mol. The summed E-state index contributed by atoms with van der Waals surface area (Å²) in [6.07, 6.45) is 4.51. The normalized spacial score (nSPS) is 26.9. The number of nitrogens with one attached hydrogen (secondary N) is 2. The van der Waals surface area contributed by atoms with Gasteiger partial charge >= 0.3 is 12.0 Å². The molecule has 6 heteroatoms. The van der Waals surface area contributed by atoms with Crippen LogP contribution in [0.3, 0.4) is 0 Å². The second kappa shape index (κ2) is 6.92. The van der Waals surface area contributed by atoms with E-state index < -0.39 is 17.9 Å². The topological polar surface area (TPSA) is 95.5 Å². The minimum absolute atomic E-state index is 0.0625. The SMILES string of the molecule is CC1CCC(NC(=O)NC(=O)C=CC(=O)O)C(C)C1. The minimum atomic E-state index is -1.23. The molecule has 0 aromatic carbocycles. The Morgan fingerprint density at radius 3 is 2.42 bits per heavy atom.